The first-order valence-electron chi connectivity index (χ1n) is 8.07. The third-order valence-corrected chi connectivity index (χ3v) is 4.27. The van der Waals surface area contributed by atoms with E-state index in [1.807, 2.05) is 60.7 Å². The van der Waals surface area contributed by atoms with E-state index in [0.29, 0.717) is 17.9 Å². The first-order chi connectivity index (χ1) is 12.7. The van der Waals surface area contributed by atoms with Crippen molar-refractivity contribution >= 4 is 34.7 Å². The molecule has 0 spiro atoms. The third-order valence-electron chi connectivity index (χ3n) is 3.60. The number of carbonyl (C=O) groups excluding carboxylic acids is 1. The summed E-state index contributed by atoms with van der Waals surface area (Å²) in [6.45, 7) is 0.400. The van der Waals surface area contributed by atoms with Crippen LogP contribution in [0.1, 0.15) is 21.5 Å². The molecule has 0 aliphatic carbocycles. The smallest absolute Gasteiger partial charge is 0.275 e. The molecule has 0 aromatic heterocycles. The maximum atomic E-state index is 12.4. The molecule has 3 aromatic rings. The van der Waals surface area contributed by atoms with Crippen LogP contribution in [0.2, 0.25) is 0 Å². The predicted molar refractivity (Wildman–Crippen MR) is 111 cm³/mol. The number of halogens is 1. The van der Waals surface area contributed by atoms with Gasteiger partial charge in [-0.25, -0.2) is 5.43 Å². The van der Waals surface area contributed by atoms with Crippen LogP contribution in [-0.2, 0) is 6.61 Å². The monoisotopic (exact) mass is 456 g/mol. The topological polar surface area (TPSA) is 50.7 Å². The lowest BCUT2D eigenvalue weighted by molar-refractivity contribution is 0.0950. The number of hydrogen-bond acceptors (Lipinski definition) is 3. The number of hydrogen-bond donors (Lipinski definition) is 1. The summed E-state index contributed by atoms with van der Waals surface area (Å²) >= 11 is 2.23. The molecule has 3 aromatic carbocycles. The number of amides is 1. The number of hydrazone groups is 1. The van der Waals surface area contributed by atoms with Crippen LogP contribution in [0, 0.1) is 3.57 Å². The average molecular weight is 456 g/mol. The minimum atomic E-state index is -0.310. The third kappa shape index (κ3) is 5.16. The van der Waals surface area contributed by atoms with Crippen LogP contribution in [0.25, 0.3) is 0 Å². The molecule has 0 fully saturated rings. The summed E-state index contributed by atoms with van der Waals surface area (Å²) in [7, 11) is 0. The zero-order valence-corrected chi connectivity index (χ0v) is 16.1. The molecule has 130 valence electrons. The van der Waals surface area contributed by atoms with E-state index in [0.717, 1.165) is 14.7 Å². The zero-order valence-electron chi connectivity index (χ0n) is 13.9. The largest absolute Gasteiger partial charge is 0.488 e. The van der Waals surface area contributed by atoms with E-state index in [-0.39, 0.29) is 5.91 Å². The molecule has 0 radical (unpaired) electrons. The summed E-state index contributed by atoms with van der Waals surface area (Å²) in [5, 5.41) is 4.03. The van der Waals surface area contributed by atoms with Crippen LogP contribution in [0.15, 0.2) is 84.0 Å². The molecular weight excluding hydrogens is 439 g/mol. The van der Waals surface area contributed by atoms with Crippen LogP contribution < -0.4 is 10.2 Å². The SMILES string of the molecule is O=C(N/N=C\c1cccc(I)c1)c1ccccc1OCc1ccccc1. The van der Waals surface area contributed by atoms with Crippen LogP contribution >= 0.6 is 22.6 Å². The van der Waals surface area contributed by atoms with E-state index in [4.69, 9.17) is 4.74 Å². The summed E-state index contributed by atoms with van der Waals surface area (Å²) in [6, 6.07) is 24.8. The number of ether oxygens (including phenoxy) is 1. The highest BCUT2D eigenvalue weighted by Crippen LogP contribution is 2.19. The van der Waals surface area contributed by atoms with Gasteiger partial charge in [0.2, 0.25) is 0 Å². The quantitative estimate of drug-likeness (QED) is 0.334. The Hall–Kier alpha value is -2.67. The number of carbonyl (C=O) groups is 1. The van der Waals surface area contributed by atoms with Crippen molar-refractivity contribution in [2.75, 3.05) is 0 Å². The summed E-state index contributed by atoms with van der Waals surface area (Å²) in [5.41, 5.74) is 4.96. The molecule has 0 saturated heterocycles. The maximum Gasteiger partial charge on any atom is 0.275 e. The second kappa shape index (κ2) is 9.15. The predicted octanol–water partition coefficient (Wildman–Crippen LogP) is 4.63. The number of benzene rings is 3. The second-order valence-corrected chi connectivity index (χ2v) is 6.77. The van der Waals surface area contributed by atoms with Gasteiger partial charge in [-0.3, -0.25) is 4.79 Å². The molecule has 3 rings (SSSR count). The summed E-state index contributed by atoms with van der Waals surface area (Å²) in [5.74, 6) is 0.217. The minimum Gasteiger partial charge on any atom is -0.488 e. The van der Waals surface area contributed by atoms with Crippen molar-refractivity contribution in [3.05, 3.63) is 99.1 Å². The van der Waals surface area contributed by atoms with Gasteiger partial charge in [0.15, 0.2) is 0 Å². The van der Waals surface area contributed by atoms with E-state index in [1.54, 1.807) is 24.4 Å². The lowest BCUT2D eigenvalue weighted by Crippen LogP contribution is -2.18. The van der Waals surface area contributed by atoms with Crippen molar-refractivity contribution in [3.63, 3.8) is 0 Å². The highest BCUT2D eigenvalue weighted by molar-refractivity contribution is 14.1. The van der Waals surface area contributed by atoms with Crippen LogP contribution in [-0.4, -0.2) is 12.1 Å². The van der Waals surface area contributed by atoms with E-state index in [2.05, 4.69) is 33.1 Å². The van der Waals surface area contributed by atoms with Gasteiger partial charge >= 0.3 is 0 Å². The maximum absolute atomic E-state index is 12.4. The average Bonchev–Trinajstić information content (AvgIpc) is 2.67. The Balaban J connectivity index is 1.65. The van der Waals surface area contributed by atoms with Crippen molar-refractivity contribution in [2.45, 2.75) is 6.61 Å². The number of nitrogens with one attached hydrogen (secondary N) is 1. The Morgan fingerprint density at radius 2 is 1.77 bits per heavy atom. The minimum absolute atomic E-state index is 0.310. The van der Waals surface area contributed by atoms with Gasteiger partial charge in [-0.1, -0.05) is 54.6 Å². The number of rotatable bonds is 6. The van der Waals surface area contributed by atoms with E-state index < -0.39 is 0 Å². The lowest BCUT2D eigenvalue weighted by Gasteiger charge is -2.10. The Kier molecular flexibility index (Phi) is 6.38. The van der Waals surface area contributed by atoms with Crippen LogP contribution in [0.4, 0.5) is 0 Å². The van der Waals surface area contributed by atoms with Crippen molar-refractivity contribution < 1.29 is 9.53 Å². The molecule has 0 heterocycles. The highest BCUT2D eigenvalue weighted by atomic mass is 127. The molecular formula is C21H17IN2O2. The van der Waals surface area contributed by atoms with Crippen LogP contribution in [0.3, 0.4) is 0 Å². The highest BCUT2D eigenvalue weighted by Gasteiger charge is 2.11. The normalized spacial score (nSPS) is 10.7. The Morgan fingerprint density at radius 3 is 2.58 bits per heavy atom. The van der Waals surface area contributed by atoms with Gasteiger partial charge in [-0.2, -0.15) is 5.10 Å². The fourth-order valence-corrected chi connectivity index (χ4v) is 2.90. The first-order valence-corrected chi connectivity index (χ1v) is 9.15. The van der Waals surface area contributed by atoms with Crippen molar-refractivity contribution in [2.24, 2.45) is 5.10 Å². The van der Waals surface area contributed by atoms with Gasteiger partial charge in [0.05, 0.1) is 11.8 Å². The molecule has 0 saturated carbocycles. The van der Waals surface area contributed by atoms with Gasteiger partial charge in [0.1, 0.15) is 12.4 Å². The molecule has 26 heavy (non-hydrogen) atoms. The van der Waals surface area contributed by atoms with Crippen LogP contribution in [0.5, 0.6) is 5.75 Å². The fourth-order valence-electron chi connectivity index (χ4n) is 2.33. The molecule has 0 bridgehead atoms. The zero-order chi connectivity index (χ0) is 18.2. The van der Waals surface area contributed by atoms with E-state index in [9.17, 15) is 4.79 Å². The Morgan fingerprint density at radius 1 is 1.00 bits per heavy atom. The lowest BCUT2D eigenvalue weighted by atomic mass is 10.2. The molecule has 0 aliphatic heterocycles. The van der Waals surface area contributed by atoms with Crippen molar-refractivity contribution in [1.29, 1.82) is 0 Å². The molecule has 0 atom stereocenters. The second-order valence-electron chi connectivity index (χ2n) is 5.52. The number of nitrogens with zero attached hydrogens (tertiary/aromatic N) is 1. The van der Waals surface area contributed by atoms with Gasteiger partial charge in [-0.15, -0.1) is 0 Å². The molecule has 0 unspecified atom stereocenters. The Labute approximate surface area is 166 Å². The van der Waals surface area contributed by atoms with Crippen molar-refractivity contribution in [1.82, 2.24) is 5.43 Å². The van der Waals surface area contributed by atoms with Crippen molar-refractivity contribution in [3.8, 4) is 5.75 Å². The first kappa shape index (κ1) is 18.1. The number of para-hydroxylation sites is 1. The van der Waals surface area contributed by atoms with E-state index >= 15 is 0 Å². The Bertz CT molecular complexity index is 911. The summed E-state index contributed by atoms with van der Waals surface area (Å²) in [6.07, 6.45) is 1.62. The standard InChI is InChI=1S/C21H17IN2O2/c22-18-10-6-9-17(13-18)14-23-24-21(25)19-11-4-5-12-20(19)26-15-16-7-2-1-3-8-16/h1-14H,15H2,(H,24,25)/b23-14-. The molecule has 4 nitrogen and oxygen atoms in total. The van der Waals surface area contributed by atoms with Gasteiger partial charge in [0, 0.05) is 3.57 Å². The summed E-state index contributed by atoms with van der Waals surface area (Å²) < 4.78 is 6.92. The van der Waals surface area contributed by atoms with Gasteiger partial charge in [0.25, 0.3) is 5.91 Å². The van der Waals surface area contributed by atoms with Gasteiger partial charge < -0.3 is 4.74 Å². The molecule has 5 heteroatoms. The fraction of sp³-hybridized carbons (Fsp3) is 0.0476. The summed E-state index contributed by atoms with van der Waals surface area (Å²) in [4.78, 5) is 12.4. The molecule has 1 N–H and O–H groups in total. The van der Waals surface area contributed by atoms with E-state index in [1.165, 1.54) is 0 Å². The molecule has 0 aliphatic rings. The molecule has 1 amide bonds. The van der Waals surface area contributed by atoms with Gasteiger partial charge in [-0.05, 0) is 58.0 Å².